The Labute approximate surface area is 112 Å². The van der Waals surface area contributed by atoms with E-state index in [0.29, 0.717) is 21.5 Å². The van der Waals surface area contributed by atoms with Gasteiger partial charge in [0.25, 0.3) is 0 Å². The summed E-state index contributed by atoms with van der Waals surface area (Å²) in [5, 5.41) is 12.9. The predicted octanol–water partition coefficient (Wildman–Crippen LogP) is 3.25. The molecule has 1 heterocycles. The second-order valence-corrected chi connectivity index (χ2v) is 4.60. The molecule has 18 heavy (non-hydrogen) atoms. The summed E-state index contributed by atoms with van der Waals surface area (Å²) in [6.07, 6.45) is 0. The fourth-order valence-electron chi connectivity index (χ4n) is 1.39. The van der Waals surface area contributed by atoms with Gasteiger partial charge in [0.15, 0.2) is 5.69 Å². The first-order chi connectivity index (χ1) is 8.61. The van der Waals surface area contributed by atoms with E-state index in [-0.39, 0.29) is 5.69 Å². The lowest BCUT2D eigenvalue weighted by atomic mass is 10.3. The van der Waals surface area contributed by atoms with Crippen molar-refractivity contribution in [1.82, 2.24) is 4.98 Å². The summed E-state index contributed by atoms with van der Waals surface area (Å²) in [6.45, 7) is 0. The van der Waals surface area contributed by atoms with Crippen LogP contribution in [0.15, 0.2) is 23.7 Å². The molecule has 0 spiro atoms. The molecule has 2 rings (SSSR count). The number of hydrogen-bond acceptors (Lipinski definition) is 5. The zero-order chi connectivity index (χ0) is 13.1. The molecule has 2 aromatic rings. The highest BCUT2D eigenvalue weighted by molar-refractivity contribution is 7.14. The molecule has 0 aliphatic carbocycles. The summed E-state index contributed by atoms with van der Waals surface area (Å²) in [4.78, 5) is 14.7. The van der Waals surface area contributed by atoms with Gasteiger partial charge in [-0.15, -0.1) is 11.3 Å². The molecule has 0 atom stereocenters. The largest absolute Gasteiger partial charge is 0.495 e. The second kappa shape index (κ2) is 5.24. The zero-order valence-electron chi connectivity index (χ0n) is 9.31. The standard InChI is InChI=1S/C11H9ClN2O3S/c1-17-8-3-2-6(12)4-7(8)14-10-9(11(15)16)13-5-18-10/h2-5,14H,1H3,(H,15,16). The summed E-state index contributed by atoms with van der Waals surface area (Å²) >= 11 is 7.09. The van der Waals surface area contributed by atoms with Gasteiger partial charge in [-0.1, -0.05) is 11.6 Å². The van der Waals surface area contributed by atoms with Crippen molar-refractivity contribution in [3.8, 4) is 5.75 Å². The minimum atomic E-state index is -1.08. The first-order valence-electron chi connectivity index (χ1n) is 4.89. The number of benzene rings is 1. The number of aromatic nitrogens is 1. The lowest BCUT2D eigenvalue weighted by Gasteiger charge is -2.10. The minimum Gasteiger partial charge on any atom is -0.495 e. The predicted molar refractivity (Wildman–Crippen MR) is 70.4 cm³/mol. The number of carboxylic acids is 1. The van der Waals surface area contributed by atoms with Crippen molar-refractivity contribution in [3.05, 3.63) is 34.4 Å². The first-order valence-corrected chi connectivity index (χ1v) is 6.15. The maximum atomic E-state index is 10.9. The molecule has 0 amide bonds. The second-order valence-electron chi connectivity index (χ2n) is 3.30. The number of carbonyl (C=O) groups is 1. The average Bonchev–Trinajstić information content (AvgIpc) is 2.77. The highest BCUT2D eigenvalue weighted by Gasteiger charge is 2.15. The Kier molecular flexibility index (Phi) is 3.69. The summed E-state index contributed by atoms with van der Waals surface area (Å²) in [5.41, 5.74) is 2.03. The third-order valence-electron chi connectivity index (χ3n) is 2.18. The summed E-state index contributed by atoms with van der Waals surface area (Å²) in [5.74, 6) is -0.510. The molecule has 0 saturated heterocycles. The molecule has 0 aliphatic heterocycles. The molecule has 0 fully saturated rings. The first kappa shape index (κ1) is 12.7. The van der Waals surface area contributed by atoms with Gasteiger partial charge in [-0.2, -0.15) is 0 Å². The Morgan fingerprint density at radius 3 is 3.00 bits per heavy atom. The summed E-state index contributed by atoms with van der Waals surface area (Å²) < 4.78 is 5.17. The number of ether oxygens (including phenoxy) is 1. The molecule has 7 heteroatoms. The van der Waals surface area contributed by atoms with Crippen molar-refractivity contribution < 1.29 is 14.6 Å². The number of thiazole rings is 1. The minimum absolute atomic E-state index is 0.0259. The Hall–Kier alpha value is -1.79. The third-order valence-corrected chi connectivity index (χ3v) is 3.16. The lowest BCUT2D eigenvalue weighted by molar-refractivity contribution is 0.0692. The van der Waals surface area contributed by atoms with E-state index in [2.05, 4.69) is 10.3 Å². The van der Waals surface area contributed by atoms with Crippen LogP contribution >= 0.6 is 22.9 Å². The highest BCUT2D eigenvalue weighted by atomic mass is 35.5. The quantitative estimate of drug-likeness (QED) is 0.902. The third kappa shape index (κ3) is 2.55. The number of methoxy groups -OCH3 is 1. The van der Waals surface area contributed by atoms with Crippen molar-refractivity contribution >= 4 is 39.6 Å². The van der Waals surface area contributed by atoms with E-state index >= 15 is 0 Å². The number of nitrogens with zero attached hydrogens (tertiary/aromatic N) is 1. The van der Waals surface area contributed by atoms with Crippen LogP contribution in [-0.2, 0) is 0 Å². The van der Waals surface area contributed by atoms with Crippen LogP contribution in [0, 0.1) is 0 Å². The van der Waals surface area contributed by atoms with Crippen LogP contribution in [0.1, 0.15) is 10.5 Å². The molecular weight excluding hydrogens is 276 g/mol. The molecule has 0 aliphatic rings. The number of rotatable bonds is 4. The molecule has 0 radical (unpaired) electrons. The summed E-state index contributed by atoms with van der Waals surface area (Å²) in [7, 11) is 1.53. The Morgan fingerprint density at radius 2 is 2.33 bits per heavy atom. The molecule has 0 bridgehead atoms. The lowest BCUT2D eigenvalue weighted by Crippen LogP contribution is -2.01. The molecule has 1 aromatic heterocycles. The smallest absolute Gasteiger partial charge is 0.357 e. The van der Waals surface area contributed by atoms with Crippen molar-refractivity contribution in [1.29, 1.82) is 0 Å². The average molecular weight is 285 g/mol. The Balaban J connectivity index is 2.36. The van der Waals surface area contributed by atoms with E-state index in [1.807, 2.05) is 0 Å². The number of halogens is 1. The van der Waals surface area contributed by atoms with E-state index in [0.717, 1.165) is 0 Å². The molecular formula is C11H9ClN2O3S. The maximum absolute atomic E-state index is 10.9. The van der Waals surface area contributed by atoms with Crippen molar-refractivity contribution in [2.75, 3.05) is 12.4 Å². The monoisotopic (exact) mass is 284 g/mol. The van der Waals surface area contributed by atoms with Crippen molar-refractivity contribution in [2.45, 2.75) is 0 Å². The van der Waals surface area contributed by atoms with E-state index in [4.69, 9.17) is 21.4 Å². The van der Waals surface area contributed by atoms with Gasteiger partial charge in [0.2, 0.25) is 0 Å². The number of carboxylic acid groups (broad SMARTS) is 1. The van der Waals surface area contributed by atoms with Crippen molar-refractivity contribution in [2.24, 2.45) is 0 Å². The van der Waals surface area contributed by atoms with Crippen LogP contribution < -0.4 is 10.1 Å². The molecule has 1 aromatic carbocycles. The zero-order valence-corrected chi connectivity index (χ0v) is 10.9. The van der Waals surface area contributed by atoms with Crippen LogP contribution in [0.5, 0.6) is 5.75 Å². The highest BCUT2D eigenvalue weighted by Crippen LogP contribution is 2.33. The van der Waals surface area contributed by atoms with Gasteiger partial charge in [0, 0.05) is 5.02 Å². The fourth-order valence-corrected chi connectivity index (χ4v) is 2.24. The Morgan fingerprint density at radius 1 is 1.56 bits per heavy atom. The van der Waals surface area contributed by atoms with E-state index in [1.54, 1.807) is 18.2 Å². The van der Waals surface area contributed by atoms with E-state index in [9.17, 15) is 4.79 Å². The maximum Gasteiger partial charge on any atom is 0.357 e. The molecule has 5 nitrogen and oxygen atoms in total. The van der Waals surface area contributed by atoms with Crippen LogP contribution in [0.4, 0.5) is 10.7 Å². The van der Waals surface area contributed by atoms with E-state index < -0.39 is 5.97 Å². The fraction of sp³-hybridized carbons (Fsp3) is 0.0909. The Bertz CT molecular complexity index is 585. The number of nitrogens with one attached hydrogen (secondary N) is 1. The molecule has 2 N–H and O–H groups in total. The van der Waals surface area contributed by atoms with Crippen LogP contribution in [0.25, 0.3) is 0 Å². The van der Waals surface area contributed by atoms with Gasteiger partial charge in [0.1, 0.15) is 10.8 Å². The number of hydrogen-bond donors (Lipinski definition) is 2. The van der Waals surface area contributed by atoms with Crippen LogP contribution in [0.2, 0.25) is 5.02 Å². The molecule has 94 valence electrons. The van der Waals surface area contributed by atoms with E-state index in [1.165, 1.54) is 24.0 Å². The van der Waals surface area contributed by atoms with Gasteiger partial charge in [-0.3, -0.25) is 0 Å². The van der Waals surface area contributed by atoms with Gasteiger partial charge >= 0.3 is 5.97 Å². The SMILES string of the molecule is COc1ccc(Cl)cc1Nc1scnc1C(=O)O. The van der Waals surface area contributed by atoms with Gasteiger partial charge in [-0.05, 0) is 18.2 Å². The van der Waals surface area contributed by atoms with Gasteiger partial charge in [0.05, 0.1) is 18.3 Å². The topological polar surface area (TPSA) is 71.5 Å². The molecule has 0 saturated carbocycles. The molecule has 0 unspecified atom stereocenters. The van der Waals surface area contributed by atoms with Crippen LogP contribution in [0.3, 0.4) is 0 Å². The van der Waals surface area contributed by atoms with Crippen molar-refractivity contribution in [3.63, 3.8) is 0 Å². The van der Waals surface area contributed by atoms with Gasteiger partial charge in [-0.25, -0.2) is 9.78 Å². The van der Waals surface area contributed by atoms with Gasteiger partial charge < -0.3 is 15.2 Å². The summed E-state index contributed by atoms with van der Waals surface area (Å²) in [6, 6.07) is 5.05. The number of aromatic carboxylic acids is 1. The number of anilines is 2. The normalized spacial score (nSPS) is 10.1. The van der Waals surface area contributed by atoms with Crippen LogP contribution in [-0.4, -0.2) is 23.2 Å².